The Labute approximate surface area is 185 Å². The number of hydrogen-bond donors (Lipinski definition) is 1. The first kappa shape index (κ1) is 22.9. The fourth-order valence-electron chi connectivity index (χ4n) is 4.10. The zero-order chi connectivity index (χ0) is 22.4. The molecular weight excluding hydrogens is 388 g/mol. The molecule has 1 heterocycles. The molecule has 0 aromatic heterocycles. The zero-order valence-electron chi connectivity index (χ0n) is 19.1. The number of nitrogens with one attached hydrogen (secondary N) is 1. The molecule has 31 heavy (non-hydrogen) atoms. The van der Waals surface area contributed by atoms with Gasteiger partial charge in [-0.3, -0.25) is 9.59 Å². The first-order valence-corrected chi connectivity index (χ1v) is 11.4. The summed E-state index contributed by atoms with van der Waals surface area (Å²) in [5.74, 6) is 0.730. The predicted octanol–water partition coefficient (Wildman–Crippen LogP) is 4.56. The highest BCUT2D eigenvalue weighted by Crippen LogP contribution is 2.37. The van der Waals surface area contributed by atoms with Gasteiger partial charge < -0.3 is 15.0 Å². The number of amides is 2. The summed E-state index contributed by atoms with van der Waals surface area (Å²) in [6.07, 6.45) is 2.25. The second kappa shape index (κ2) is 10.5. The lowest BCUT2D eigenvalue weighted by molar-refractivity contribution is -0.133. The standard InChI is InChI=1S/C26H34N2O3/c1-5-15-27-26(30)23(6-2)31-21-13-12-19-14-16-28(24(29)7-3)25(22(19)17-21)20-10-8-18(4)9-11-20/h8-13,17,23,25H,5-7,14-16H2,1-4H3,(H,27,30)/t23-,25-/m1/s1. The van der Waals surface area contributed by atoms with Crippen LogP contribution in [0.15, 0.2) is 42.5 Å². The van der Waals surface area contributed by atoms with Crippen LogP contribution in [0.5, 0.6) is 5.75 Å². The summed E-state index contributed by atoms with van der Waals surface area (Å²) in [5, 5.41) is 2.92. The summed E-state index contributed by atoms with van der Waals surface area (Å²) in [6.45, 7) is 9.30. The highest BCUT2D eigenvalue weighted by molar-refractivity contribution is 5.81. The van der Waals surface area contributed by atoms with E-state index in [2.05, 4.69) is 42.6 Å². The molecule has 2 amide bonds. The SMILES string of the molecule is CCCNC(=O)[C@@H](CC)Oc1ccc2c(c1)[C@@H](c1ccc(C)cc1)N(C(=O)CC)CC2. The quantitative estimate of drug-likeness (QED) is 0.678. The maximum absolute atomic E-state index is 12.8. The van der Waals surface area contributed by atoms with Gasteiger partial charge in [-0.05, 0) is 55.0 Å². The third-order valence-corrected chi connectivity index (χ3v) is 5.85. The van der Waals surface area contributed by atoms with Crippen LogP contribution >= 0.6 is 0 Å². The van der Waals surface area contributed by atoms with E-state index in [-0.39, 0.29) is 17.9 Å². The fourth-order valence-corrected chi connectivity index (χ4v) is 4.10. The monoisotopic (exact) mass is 422 g/mol. The van der Waals surface area contributed by atoms with Crippen LogP contribution in [0.3, 0.4) is 0 Å². The Kier molecular flexibility index (Phi) is 7.72. The average Bonchev–Trinajstić information content (AvgIpc) is 2.80. The molecule has 1 N–H and O–H groups in total. The normalized spacial score (nSPS) is 16.4. The number of aryl methyl sites for hydroxylation is 1. The average molecular weight is 423 g/mol. The van der Waals surface area contributed by atoms with Crippen molar-refractivity contribution in [3.8, 4) is 5.75 Å². The van der Waals surface area contributed by atoms with Crippen molar-refractivity contribution in [1.29, 1.82) is 0 Å². The first-order valence-electron chi connectivity index (χ1n) is 11.4. The van der Waals surface area contributed by atoms with E-state index >= 15 is 0 Å². The van der Waals surface area contributed by atoms with Gasteiger partial charge in [0.1, 0.15) is 5.75 Å². The van der Waals surface area contributed by atoms with Gasteiger partial charge in [-0.15, -0.1) is 0 Å². The Bertz CT molecular complexity index is 907. The van der Waals surface area contributed by atoms with E-state index in [1.807, 2.05) is 37.8 Å². The molecule has 5 heteroatoms. The van der Waals surface area contributed by atoms with Gasteiger partial charge in [-0.25, -0.2) is 0 Å². The number of nitrogens with zero attached hydrogens (tertiary/aromatic N) is 1. The lowest BCUT2D eigenvalue weighted by Gasteiger charge is -2.38. The third-order valence-electron chi connectivity index (χ3n) is 5.85. The highest BCUT2D eigenvalue weighted by Gasteiger charge is 2.32. The lowest BCUT2D eigenvalue weighted by Crippen LogP contribution is -2.40. The molecule has 0 radical (unpaired) electrons. The van der Waals surface area contributed by atoms with Gasteiger partial charge in [0.15, 0.2) is 6.10 Å². The van der Waals surface area contributed by atoms with Crippen LogP contribution in [0.4, 0.5) is 0 Å². The smallest absolute Gasteiger partial charge is 0.261 e. The zero-order valence-corrected chi connectivity index (χ0v) is 19.1. The Morgan fingerprint density at radius 1 is 1.13 bits per heavy atom. The molecule has 0 saturated heterocycles. The third kappa shape index (κ3) is 5.27. The van der Waals surface area contributed by atoms with E-state index in [1.54, 1.807) is 0 Å². The number of rotatable bonds is 8. The second-order valence-corrected chi connectivity index (χ2v) is 8.17. The fraction of sp³-hybridized carbons (Fsp3) is 0.462. The molecule has 2 aromatic carbocycles. The lowest BCUT2D eigenvalue weighted by atomic mass is 9.87. The van der Waals surface area contributed by atoms with Crippen molar-refractivity contribution >= 4 is 11.8 Å². The van der Waals surface area contributed by atoms with Crippen LogP contribution in [0, 0.1) is 6.92 Å². The second-order valence-electron chi connectivity index (χ2n) is 8.17. The van der Waals surface area contributed by atoms with Crippen molar-refractivity contribution in [2.24, 2.45) is 0 Å². The molecule has 3 rings (SSSR count). The van der Waals surface area contributed by atoms with Crippen molar-refractivity contribution in [2.45, 2.75) is 65.5 Å². The van der Waals surface area contributed by atoms with Crippen LogP contribution in [0.2, 0.25) is 0 Å². The van der Waals surface area contributed by atoms with Crippen LogP contribution in [0.1, 0.15) is 68.3 Å². The molecule has 2 atom stereocenters. The molecule has 2 aromatic rings. The summed E-state index contributed by atoms with van der Waals surface area (Å²) in [5.41, 5.74) is 4.59. The summed E-state index contributed by atoms with van der Waals surface area (Å²) >= 11 is 0. The largest absolute Gasteiger partial charge is 0.481 e. The summed E-state index contributed by atoms with van der Waals surface area (Å²) < 4.78 is 6.10. The molecule has 1 aliphatic rings. The van der Waals surface area contributed by atoms with Crippen molar-refractivity contribution in [3.05, 3.63) is 64.7 Å². The molecule has 0 saturated carbocycles. The van der Waals surface area contributed by atoms with Crippen LogP contribution < -0.4 is 10.1 Å². The van der Waals surface area contributed by atoms with E-state index in [4.69, 9.17) is 4.74 Å². The van der Waals surface area contributed by atoms with Crippen molar-refractivity contribution in [2.75, 3.05) is 13.1 Å². The van der Waals surface area contributed by atoms with Gasteiger partial charge >= 0.3 is 0 Å². The Hall–Kier alpha value is -2.82. The molecule has 5 nitrogen and oxygen atoms in total. The van der Waals surface area contributed by atoms with Crippen molar-refractivity contribution in [1.82, 2.24) is 10.2 Å². The van der Waals surface area contributed by atoms with Crippen LogP contribution in [-0.2, 0) is 16.0 Å². The Morgan fingerprint density at radius 3 is 2.52 bits per heavy atom. The van der Waals surface area contributed by atoms with Gasteiger partial charge in [0.05, 0.1) is 6.04 Å². The van der Waals surface area contributed by atoms with Gasteiger partial charge in [0.25, 0.3) is 5.91 Å². The summed E-state index contributed by atoms with van der Waals surface area (Å²) in [7, 11) is 0. The maximum Gasteiger partial charge on any atom is 0.261 e. The van der Waals surface area contributed by atoms with Gasteiger partial charge in [-0.1, -0.05) is 56.7 Å². The molecule has 0 aliphatic carbocycles. The number of benzene rings is 2. The topological polar surface area (TPSA) is 58.6 Å². The number of carbonyl (C=O) groups is 2. The summed E-state index contributed by atoms with van der Waals surface area (Å²) in [4.78, 5) is 27.2. The highest BCUT2D eigenvalue weighted by atomic mass is 16.5. The van der Waals surface area contributed by atoms with E-state index < -0.39 is 6.10 Å². The molecule has 1 aliphatic heterocycles. The van der Waals surface area contributed by atoms with Crippen LogP contribution in [0.25, 0.3) is 0 Å². The molecular formula is C26H34N2O3. The minimum Gasteiger partial charge on any atom is -0.481 e. The number of fused-ring (bicyclic) bond motifs is 1. The number of ether oxygens (including phenoxy) is 1. The molecule has 0 spiro atoms. The number of carbonyl (C=O) groups excluding carboxylic acids is 2. The first-order chi connectivity index (χ1) is 15.0. The molecule has 0 bridgehead atoms. The maximum atomic E-state index is 12.8. The predicted molar refractivity (Wildman–Crippen MR) is 123 cm³/mol. The van der Waals surface area contributed by atoms with E-state index in [9.17, 15) is 9.59 Å². The van der Waals surface area contributed by atoms with Crippen LogP contribution in [-0.4, -0.2) is 35.9 Å². The molecule has 0 fully saturated rings. The van der Waals surface area contributed by atoms with Gasteiger partial charge in [-0.2, -0.15) is 0 Å². The van der Waals surface area contributed by atoms with E-state index in [1.165, 1.54) is 11.1 Å². The Balaban J connectivity index is 1.95. The van der Waals surface area contributed by atoms with Crippen molar-refractivity contribution in [3.63, 3.8) is 0 Å². The van der Waals surface area contributed by atoms with Gasteiger partial charge in [0, 0.05) is 19.5 Å². The van der Waals surface area contributed by atoms with Crippen molar-refractivity contribution < 1.29 is 14.3 Å². The molecule has 166 valence electrons. The minimum atomic E-state index is -0.528. The summed E-state index contributed by atoms with van der Waals surface area (Å²) in [6, 6.07) is 14.3. The van der Waals surface area contributed by atoms with E-state index in [0.29, 0.717) is 31.7 Å². The van der Waals surface area contributed by atoms with Gasteiger partial charge in [0.2, 0.25) is 5.91 Å². The minimum absolute atomic E-state index is 0.0834. The number of hydrogen-bond acceptors (Lipinski definition) is 3. The van der Waals surface area contributed by atoms with E-state index in [0.717, 1.165) is 24.0 Å². The molecule has 0 unspecified atom stereocenters. The Morgan fingerprint density at radius 2 is 1.87 bits per heavy atom.